The molecule has 0 saturated heterocycles. The minimum absolute atomic E-state index is 0.0881. The molecule has 0 spiro atoms. The molecule has 5 nitrogen and oxygen atoms in total. The van der Waals surface area contributed by atoms with Crippen LogP contribution < -0.4 is 10.1 Å². The molecular formula is C17H17NO4. The second-order valence-electron chi connectivity index (χ2n) is 5.14. The van der Waals surface area contributed by atoms with Crippen molar-refractivity contribution >= 4 is 11.5 Å². The topological polar surface area (TPSA) is 67.8 Å². The first-order valence-electron chi connectivity index (χ1n) is 7.03. The first kappa shape index (κ1) is 14.3. The fourth-order valence-corrected chi connectivity index (χ4v) is 2.70. The van der Waals surface area contributed by atoms with Gasteiger partial charge in [0.15, 0.2) is 5.78 Å². The summed E-state index contributed by atoms with van der Waals surface area (Å²) in [6, 6.07) is 3.00. The zero-order valence-corrected chi connectivity index (χ0v) is 12.4. The van der Waals surface area contributed by atoms with E-state index in [2.05, 4.69) is 5.32 Å². The number of carbonyl (C=O) groups excluding carboxylic acids is 1. The number of aromatic hydroxyl groups is 1. The van der Waals surface area contributed by atoms with Gasteiger partial charge in [-0.05, 0) is 19.1 Å². The molecule has 2 unspecified atom stereocenters. The van der Waals surface area contributed by atoms with Crippen LogP contribution in [0.5, 0.6) is 11.5 Å². The summed E-state index contributed by atoms with van der Waals surface area (Å²) in [5.41, 5.74) is 0.862. The fraction of sp³-hybridized carbons (Fsp3) is 0.235. The molecule has 22 heavy (non-hydrogen) atoms. The van der Waals surface area contributed by atoms with Gasteiger partial charge in [0.2, 0.25) is 0 Å². The van der Waals surface area contributed by atoms with Crippen LogP contribution in [0, 0.1) is 5.92 Å². The van der Waals surface area contributed by atoms with E-state index in [-0.39, 0.29) is 29.1 Å². The third-order valence-corrected chi connectivity index (χ3v) is 3.74. The molecule has 0 fully saturated rings. The standard InChI is InChI=1S/C17H17NO4/c1-3-6-22-11-8-14-16(15(19)9-11)17(20)12-7-10(21-2)4-5-13(12)18-14/h3-9,12-13,18-19H,1-2H3/b6-3+. The molecule has 2 atom stereocenters. The fourth-order valence-electron chi connectivity index (χ4n) is 2.70. The van der Waals surface area contributed by atoms with E-state index in [0.717, 1.165) is 0 Å². The van der Waals surface area contributed by atoms with E-state index in [1.54, 1.807) is 25.3 Å². The average Bonchev–Trinajstić information content (AvgIpc) is 2.52. The maximum atomic E-state index is 12.7. The van der Waals surface area contributed by atoms with Crippen molar-refractivity contribution in [2.45, 2.75) is 13.0 Å². The number of methoxy groups -OCH3 is 1. The van der Waals surface area contributed by atoms with Gasteiger partial charge < -0.3 is 19.9 Å². The molecule has 1 aromatic carbocycles. The first-order chi connectivity index (χ1) is 10.6. The highest BCUT2D eigenvalue weighted by Gasteiger charge is 2.36. The van der Waals surface area contributed by atoms with Crippen LogP contribution >= 0.6 is 0 Å². The number of ketones is 1. The van der Waals surface area contributed by atoms with Gasteiger partial charge >= 0.3 is 0 Å². The van der Waals surface area contributed by atoms with Gasteiger partial charge in [-0.3, -0.25) is 4.79 Å². The number of phenols is 1. The van der Waals surface area contributed by atoms with E-state index < -0.39 is 0 Å². The van der Waals surface area contributed by atoms with Gasteiger partial charge in [0.1, 0.15) is 17.3 Å². The van der Waals surface area contributed by atoms with Crippen LogP contribution in [-0.4, -0.2) is 24.0 Å². The SMILES string of the molecule is C/C=C/Oc1cc(O)c2c(c1)NC1C=CC(OC)=CC1C2=O. The van der Waals surface area contributed by atoms with Gasteiger partial charge in [-0.2, -0.15) is 0 Å². The van der Waals surface area contributed by atoms with Crippen molar-refractivity contribution in [2.75, 3.05) is 12.4 Å². The minimum Gasteiger partial charge on any atom is -0.507 e. The monoisotopic (exact) mass is 299 g/mol. The van der Waals surface area contributed by atoms with Crippen LogP contribution in [0.1, 0.15) is 17.3 Å². The van der Waals surface area contributed by atoms with E-state index >= 15 is 0 Å². The number of Topliss-reactive ketones (excluding diaryl/α,β-unsaturated/α-hetero) is 1. The van der Waals surface area contributed by atoms with Gasteiger partial charge in [0.05, 0.1) is 36.6 Å². The Morgan fingerprint density at radius 2 is 2.18 bits per heavy atom. The summed E-state index contributed by atoms with van der Waals surface area (Å²) in [7, 11) is 1.56. The molecule has 0 bridgehead atoms. The minimum atomic E-state index is -0.388. The Morgan fingerprint density at radius 3 is 2.91 bits per heavy atom. The molecule has 0 saturated carbocycles. The van der Waals surface area contributed by atoms with Crippen LogP contribution in [0.2, 0.25) is 0 Å². The molecule has 0 radical (unpaired) electrons. The van der Waals surface area contributed by atoms with Crippen LogP contribution in [0.15, 0.2) is 48.5 Å². The number of rotatable bonds is 3. The molecule has 1 aromatic rings. The summed E-state index contributed by atoms with van der Waals surface area (Å²) in [4.78, 5) is 12.7. The highest BCUT2D eigenvalue weighted by atomic mass is 16.5. The Balaban J connectivity index is 2.01. The number of carbonyl (C=O) groups is 1. The predicted octanol–water partition coefficient (Wildman–Crippen LogP) is 3.00. The van der Waals surface area contributed by atoms with E-state index in [1.165, 1.54) is 12.3 Å². The molecule has 1 aliphatic heterocycles. The van der Waals surface area contributed by atoms with Crippen molar-refractivity contribution < 1.29 is 19.4 Å². The molecule has 5 heteroatoms. The van der Waals surface area contributed by atoms with Gasteiger partial charge in [0, 0.05) is 12.1 Å². The van der Waals surface area contributed by atoms with Crippen LogP contribution in [0.3, 0.4) is 0 Å². The molecule has 2 aliphatic rings. The van der Waals surface area contributed by atoms with Crippen LogP contribution in [-0.2, 0) is 4.74 Å². The molecule has 1 aliphatic carbocycles. The van der Waals surface area contributed by atoms with E-state index in [9.17, 15) is 9.90 Å². The normalized spacial score (nSPS) is 22.6. The Morgan fingerprint density at radius 1 is 1.36 bits per heavy atom. The third kappa shape index (κ3) is 2.35. The smallest absolute Gasteiger partial charge is 0.178 e. The number of hydrogen-bond donors (Lipinski definition) is 2. The van der Waals surface area contributed by atoms with Crippen LogP contribution in [0.25, 0.3) is 0 Å². The quantitative estimate of drug-likeness (QED) is 0.840. The Bertz CT molecular complexity index is 703. The number of hydrogen-bond acceptors (Lipinski definition) is 5. The molecular weight excluding hydrogens is 282 g/mol. The Labute approximate surface area is 128 Å². The summed E-state index contributed by atoms with van der Waals surface area (Å²) in [6.07, 6.45) is 8.74. The molecule has 3 rings (SSSR count). The lowest BCUT2D eigenvalue weighted by Gasteiger charge is -2.32. The Hall–Kier alpha value is -2.69. The van der Waals surface area contributed by atoms with Crippen molar-refractivity contribution in [3.05, 3.63) is 54.0 Å². The van der Waals surface area contributed by atoms with Crippen molar-refractivity contribution in [3.8, 4) is 11.5 Å². The second kappa shape index (κ2) is 5.60. The number of phenolic OH excluding ortho intramolecular Hbond substituents is 1. The summed E-state index contributed by atoms with van der Waals surface area (Å²) in [5, 5.41) is 13.4. The number of benzene rings is 1. The van der Waals surface area contributed by atoms with Crippen LogP contribution in [0.4, 0.5) is 5.69 Å². The lowest BCUT2D eigenvalue weighted by Crippen LogP contribution is -2.38. The van der Waals surface area contributed by atoms with E-state index in [4.69, 9.17) is 9.47 Å². The zero-order valence-electron chi connectivity index (χ0n) is 12.4. The van der Waals surface area contributed by atoms with Crippen molar-refractivity contribution in [2.24, 2.45) is 5.92 Å². The van der Waals surface area contributed by atoms with Gasteiger partial charge in [0.25, 0.3) is 0 Å². The molecule has 2 N–H and O–H groups in total. The van der Waals surface area contributed by atoms with E-state index in [0.29, 0.717) is 17.2 Å². The van der Waals surface area contributed by atoms with Gasteiger partial charge in [-0.25, -0.2) is 0 Å². The zero-order chi connectivity index (χ0) is 15.7. The number of anilines is 1. The summed E-state index contributed by atoms with van der Waals surface area (Å²) in [6.45, 7) is 1.83. The molecule has 1 heterocycles. The lowest BCUT2D eigenvalue weighted by molar-refractivity contribution is 0.0929. The predicted molar refractivity (Wildman–Crippen MR) is 83.0 cm³/mol. The maximum Gasteiger partial charge on any atom is 0.178 e. The number of allylic oxidation sites excluding steroid dienone is 2. The number of nitrogens with one attached hydrogen (secondary N) is 1. The summed E-state index contributed by atoms with van der Waals surface area (Å²) in [5.74, 6) is 0.511. The van der Waals surface area contributed by atoms with Gasteiger partial charge in [-0.1, -0.05) is 12.2 Å². The number of fused-ring (bicyclic) bond motifs is 2. The Kier molecular flexibility index (Phi) is 3.63. The second-order valence-corrected chi connectivity index (χ2v) is 5.14. The first-order valence-corrected chi connectivity index (χ1v) is 7.03. The van der Waals surface area contributed by atoms with Crippen molar-refractivity contribution in [1.82, 2.24) is 0 Å². The third-order valence-electron chi connectivity index (χ3n) is 3.74. The highest BCUT2D eigenvalue weighted by molar-refractivity contribution is 6.09. The summed E-state index contributed by atoms with van der Waals surface area (Å²) >= 11 is 0. The van der Waals surface area contributed by atoms with E-state index in [1.807, 2.05) is 19.1 Å². The largest absolute Gasteiger partial charge is 0.507 e. The highest BCUT2D eigenvalue weighted by Crippen LogP contribution is 2.40. The maximum absolute atomic E-state index is 12.7. The summed E-state index contributed by atoms with van der Waals surface area (Å²) < 4.78 is 10.5. The lowest BCUT2D eigenvalue weighted by atomic mass is 9.82. The number of ether oxygens (including phenoxy) is 2. The molecule has 0 aromatic heterocycles. The molecule has 0 amide bonds. The van der Waals surface area contributed by atoms with Crippen molar-refractivity contribution in [1.29, 1.82) is 0 Å². The molecule has 114 valence electrons. The average molecular weight is 299 g/mol. The van der Waals surface area contributed by atoms with Gasteiger partial charge in [-0.15, -0.1) is 0 Å². The van der Waals surface area contributed by atoms with Crippen molar-refractivity contribution in [3.63, 3.8) is 0 Å².